The third-order valence-corrected chi connectivity index (χ3v) is 4.93. The molecular weight excluding hydrogens is 266 g/mol. The highest BCUT2D eigenvalue weighted by atomic mass is 16.5. The standard InChI is InChI=1S/C17H29NO3/c1-3-8-15(17(20)21-4-2)18-12-7-10-14(18)13-9-5-6-11-16(13)19/h13-15H,3-12H2,1-2H3. The fraction of sp³-hybridized carbons (Fsp3) is 0.882. The molecule has 1 aliphatic carbocycles. The van der Waals surface area contributed by atoms with Gasteiger partial charge >= 0.3 is 5.97 Å². The molecule has 0 aromatic rings. The molecule has 120 valence electrons. The number of rotatable bonds is 6. The van der Waals surface area contributed by atoms with Gasteiger partial charge in [0.15, 0.2) is 0 Å². The Morgan fingerprint density at radius 2 is 2.10 bits per heavy atom. The molecule has 2 aliphatic rings. The van der Waals surface area contributed by atoms with Gasteiger partial charge in [0, 0.05) is 18.4 Å². The minimum Gasteiger partial charge on any atom is -0.465 e. The molecule has 0 amide bonds. The van der Waals surface area contributed by atoms with Crippen molar-refractivity contribution in [2.75, 3.05) is 13.2 Å². The molecule has 0 radical (unpaired) electrons. The average molecular weight is 295 g/mol. The van der Waals surface area contributed by atoms with Gasteiger partial charge in [0.25, 0.3) is 0 Å². The highest BCUT2D eigenvalue weighted by Crippen LogP contribution is 2.34. The lowest BCUT2D eigenvalue weighted by atomic mass is 9.81. The summed E-state index contributed by atoms with van der Waals surface area (Å²) in [6.45, 7) is 5.31. The van der Waals surface area contributed by atoms with Crippen molar-refractivity contribution in [2.45, 2.75) is 77.3 Å². The number of likely N-dealkylation sites (tertiary alicyclic amines) is 1. The SMILES string of the molecule is CCCC(C(=O)OCC)N1CCCC1C1CCCCC1=O. The zero-order valence-electron chi connectivity index (χ0n) is 13.5. The molecule has 1 heterocycles. The molecule has 0 N–H and O–H groups in total. The molecule has 3 atom stereocenters. The molecule has 0 spiro atoms. The fourth-order valence-corrected chi connectivity index (χ4v) is 3.98. The Kier molecular flexibility index (Phi) is 6.22. The van der Waals surface area contributed by atoms with Crippen LogP contribution in [-0.4, -0.2) is 41.9 Å². The molecule has 1 aliphatic heterocycles. The first kappa shape index (κ1) is 16.5. The van der Waals surface area contributed by atoms with Gasteiger partial charge < -0.3 is 4.74 Å². The minimum atomic E-state index is -0.155. The molecule has 1 saturated heterocycles. The largest absolute Gasteiger partial charge is 0.465 e. The molecule has 1 saturated carbocycles. The maximum absolute atomic E-state index is 12.3. The first-order valence-corrected chi connectivity index (χ1v) is 8.64. The van der Waals surface area contributed by atoms with E-state index in [4.69, 9.17) is 4.74 Å². The maximum atomic E-state index is 12.3. The Hall–Kier alpha value is -0.900. The quantitative estimate of drug-likeness (QED) is 0.707. The third kappa shape index (κ3) is 3.85. The van der Waals surface area contributed by atoms with Crippen molar-refractivity contribution in [1.29, 1.82) is 0 Å². The van der Waals surface area contributed by atoms with Gasteiger partial charge in [-0.05, 0) is 45.6 Å². The third-order valence-electron chi connectivity index (χ3n) is 4.93. The molecule has 2 fully saturated rings. The van der Waals surface area contributed by atoms with E-state index >= 15 is 0 Å². The fourth-order valence-electron chi connectivity index (χ4n) is 3.98. The van der Waals surface area contributed by atoms with E-state index in [0.717, 1.165) is 57.9 Å². The summed E-state index contributed by atoms with van der Waals surface area (Å²) in [6.07, 6.45) is 7.86. The van der Waals surface area contributed by atoms with Gasteiger partial charge in [-0.15, -0.1) is 0 Å². The Balaban J connectivity index is 2.10. The highest BCUT2D eigenvalue weighted by molar-refractivity contribution is 5.82. The van der Waals surface area contributed by atoms with Crippen LogP contribution in [0.25, 0.3) is 0 Å². The Bertz CT molecular complexity index is 369. The zero-order chi connectivity index (χ0) is 15.2. The second kappa shape index (κ2) is 7.92. The van der Waals surface area contributed by atoms with Crippen LogP contribution in [0.1, 0.15) is 65.2 Å². The van der Waals surface area contributed by atoms with Crippen LogP contribution < -0.4 is 0 Å². The first-order valence-electron chi connectivity index (χ1n) is 8.64. The normalized spacial score (nSPS) is 28.6. The van der Waals surface area contributed by atoms with Crippen molar-refractivity contribution in [3.05, 3.63) is 0 Å². The minimum absolute atomic E-state index is 0.102. The molecule has 0 aromatic heterocycles. The van der Waals surface area contributed by atoms with Crippen molar-refractivity contribution in [2.24, 2.45) is 5.92 Å². The van der Waals surface area contributed by atoms with Crippen molar-refractivity contribution in [3.63, 3.8) is 0 Å². The number of ketones is 1. The smallest absolute Gasteiger partial charge is 0.323 e. The van der Waals surface area contributed by atoms with Crippen LogP contribution in [0, 0.1) is 5.92 Å². The Labute approximate surface area is 128 Å². The number of esters is 1. The van der Waals surface area contributed by atoms with Crippen LogP contribution in [0.4, 0.5) is 0 Å². The van der Waals surface area contributed by atoms with Gasteiger partial charge in [-0.3, -0.25) is 14.5 Å². The van der Waals surface area contributed by atoms with E-state index in [-0.39, 0.29) is 24.0 Å². The van der Waals surface area contributed by atoms with Gasteiger partial charge in [-0.2, -0.15) is 0 Å². The first-order chi connectivity index (χ1) is 10.2. The predicted molar refractivity (Wildman–Crippen MR) is 82.0 cm³/mol. The molecular formula is C17H29NO3. The van der Waals surface area contributed by atoms with Crippen LogP contribution in [0.5, 0.6) is 0 Å². The maximum Gasteiger partial charge on any atom is 0.323 e. The summed E-state index contributed by atoms with van der Waals surface area (Å²) in [5.74, 6) is 0.460. The number of ether oxygens (including phenoxy) is 1. The number of hydrogen-bond donors (Lipinski definition) is 0. The van der Waals surface area contributed by atoms with Crippen LogP contribution in [0.2, 0.25) is 0 Å². The Morgan fingerprint density at radius 3 is 2.76 bits per heavy atom. The second-order valence-electron chi connectivity index (χ2n) is 6.32. The van der Waals surface area contributed by atoms with E-state index in [1.807, 2.05) is 6.92 Å². The van der Waals surface area contributed by atoms with E-state index in [1.54, 1.807) is 0 Å². The number of carbonyl (C=O) groups is 2. The number of hydrogen-bond acceptors (Lipinski definition) is 4. The van der Waals surface area contributed by atoms with E-state index in [9.17, 15) is 9.59 Å². The lowest BCUT2D eigenvalue weighted by Crippen LogP contribution is -2.49. The molecule has 2 rings (SSSR count). The van der Waals surface area contributed by atoms with Gasteiger partial charge in [0.1, 0.15) is 11.8 Å². The van der Waals surface area contributed by atoms with E-state index < -0.39 is 0 Å². The van der Waals surface area contributed by atoms with Crippen molar-refractivity contribution >= 4 is 11.8 Å². The van der Waals surface area contributed by atoms with Gasteiger partial charge in [-0.1, -0.05) is 19.8 Å². The zero-order valence-corrected chi connectivity index (χ0v) is 13.5. The second-order valence-corrected chi connectivity index (χ2v) is 6.32. The summed E-state index contributed by atoms with van der Waals surface area (Å²) >= 11 is 0. The number of Topliss-reactive ketones (excluding diaryl/α,β-unsaturated/α-hetero) is 1. The van der Waals surface area contributed by atoms with Crippen LogP contribution in [-0.2, 0) is 14.3 Å². The van der Waals surface area contributed by atoms with Gasteiger partial charge in [-0.25, -0.2) is 0 Å². The van der Waals surface area contributed by atoms with E-state index in [2.05, 4.69) is 11.8 Å². The lowest BCUT2D eigenvalue weighted by molar-refractivity contribution is -0.151. The molecule has 4 nitrogen and oxygen atoms in total. The van der Waals surface area contributed by atoms with Gasteiger partial charge in [0.2, 0.25) is 0 Å². The van der Waals surface area contributed by atoms with Crippen LogP contribution >= 0.6 is 0 Å². The molecule has 0 aromatic carbocycles. The lowest BCUT2D eigenvalue weighted by Gasteiger charge is -2.36. The highest BCUT2D eigenvalue weighted by Gasteiger charge is 2.41. The number of nitrogens with zero attached hydrogens (tertiary/aromatic N) is 1. The molecule has 4 heteroatoms. The number of carbonyl (C=O) groups excluding carboxylic acids is 2. The Morgan fingerprint density at radius 1 is 1.29 bits per heavy atom. The molecule has 21 heavy (non-hydrogen) atoms. The van der Waals surface area contributed by atoms with Gasteiger partial charge in [0.05, 0.1) is 6.61 Å². The van der Waals surface area contributed by atoms with E-state index in [0.29, 0.717) is 12.4 Å². The van der Waals surface area contributed by atoms with Crippen molar-refractivity contribution in [1.82, 2.24) is 4.90 Å². The summed E-state index contributed by atoms with van der Waals surface area (Å²) in [4.78, 5) is 26.8. The predicted octanol–water partition coefficient (Wildman–Crippen LogP) is 2.94. The summed E-state index contributed by atoms with van der Waals surface area (Å²) < 4.78 is 5.27. The summed E-state index contributed by atoms with van der Waals surface area (Å²) in [6, 6.07) is 0.107. The monoisotopic (exact) mass is 295 g/mol. The molecule has 0 bridgehead atoms. The summed E-state index contributed by atoms with van der Waals surface area (Å²) in [5.41, 5.74) is 0. The van der Waals surface area contributed by atoms with Crippen molar-refractivity contribution < 1.29 is 14.3 Å². The average Bonchev–Trinajstić information content (AvgIpc) is 2.94. The van der Waals surface area contributed by atoms with E-state index in [1.165, 1.54) is 0 Å². The topological polar surface area (TPSA) is 46.6 Å². The van der Waals surface area contributed by atoms with Crippen LogP contribution in [0.3, 0.4) is 0 Å². The van der Waals surface area contributed by atoms with Crippen molar-refractivity contribution in [3.8, 4) is 0 Å². The summed E-state index contributed by atoms with van der Waals surface area (Å²) in [5, 5.41) is 0. The molecule has 3 unspecified atom stereocenters. The van der Waals surface area contributed by atoms with Crippen LogP contribution in [0.15, 0.2) is 0 Å². The summed E-state index contributed by atoms with van der Waals surface area (Å²) in [7, 11) is 0.